The predicted molar refractivity (Wildman–Crippen MR) is 72.9 cm³/mol. The second-order valence-corrected chi connectivity index (χ2v) is 5.27. The Balaban J connectivity index is 2.18. The van der Waals surface area contributed by atoms with E-state index >= 15 is 0 Å². The molecule has 0 aliphatic heterocycles. The molecule has 4 nitrogen and oxygen atoms in total. The van der Waals surface area contributed by atoms with E-state index in [2.05, 4.69) is 11.8 Å². The zero-order valence-corrected chi connectivity index (χ0v) is 11.0. The first-order valence-electron chi connectivity index (χ1n) is 6.56. The summed E-state index contributed by atoms with van der Waals surface area (Å²) in [6.07, 6.45) is 4.69. The lowest BCUT2D eigenvalue weighted by Crippen LogP contribution is -2.35. The van der Waals surface area contributed by atoms with Crippen molar-refractivity contribution in [1.29, 1.82) is 0 Å². The molecule has 2 rings (SSSR count). The lowest BCUT2D eigenvalue weighted by Gasteiger charge is -2.34. The number of hydrogen-bond donors (Lipinski definition) is 0. The van der Waals surface area contributed by atoms with E-state index in [1.54, 1.807) is 12.1 Å². The van der Waals surface area contributed by atoms with Crippen LogP contribution in [0.1, 0.15) is 32.6 Å². The number of para-hydroxylation sites is 2. The quantitative estimate of drug-likeness (QED) is 0.606. The van der Waals surface area contributed by atoms with Crippen molar-refractivity contribution in [2.75, 3.05) is 11.9 Å². The van der Waals surface area contributed by atoms with Gasteiger partial charge in [-0.3, -0.25) is 10.1 Å². The first-order valence-corrected chi connectivity index (χ1v) is 6.56. The molecule has 4 heteroatoms. The molecule has 0 N–H and O–H groups in total. The maximum atomic E-state index is 11.0. The van der Waals surface area contributed by atoms with Gasteiger partial charge in [-0.15, -0.1) is 0 Å². The molecule has 1 aliphatic rings. The Bertz CT molecular complexity index is 426. The summed E-state index contributed by atoms with van der Waals surface area (Å²) in [5, 5.41) is 11.0. The number of benzene rings is 1. The fourth-order valence-electron chi connectivity index (χ4n) is 2.74. The second-order valence-electron chi connectivity index (χ2n) is 5.27. The van der Waals surface area contributed by atoms with Crippen LogP contribution in [0.2, 0.25) is 0 Å². The molecule has 98 valence electrons. The second kappa shape index (κ2) is 5.38. The van der Waals surface area contributed by atoms with Crippen LogP contribution >= 0.6 is 0 Å². The molecule has 0 amide bonds. The van der Waals surface area contributed by atoms with Crippen molar-refractivity contribution >= 4 is 11.4 Å². The minimum atomic E-state index is -0.294. The SMILES string of the molecule is CC1CCC(N(C)c2ccccc2[N+](=O)[O-])CC1. The maximum Gasteiger partial charge on any atom is 0.292 e. The monoisotopic (exact) mass is 248 g/mol. The van der Waals surface area contributed by atoms with E-state index in [0.29, 0.717) is 6.04 Å². The van der Waals surface area contributed by atoms with Gasteiger partial charge in [0.2, 0.25) is 0 Å². The molecule has 18 heavy (non-hydrogen) atoms. The van der Waals surface area contributed by atoms with Crippen LogP contribution < -0.4 is 4.90 Å². The molecule has 0 atom stereocenters. The van der Waals surface area contributed by atoms with E-state index in [1.165, 1.54) is 12.8 Å². The summed E-state index contributed by atoms with van der Waals surface area (Å²) in [5.41, 5.74) is 0.945. The van der Waals surface area contributed by atoms with Gasteiger partial charge >= 0.3 is 0 Å². The molecule has 1 aromatic rings. The van der Waals surface area contributed by atoms with Gasteiger partial charge in [0.05, 0.1) is 4.92 Å². The van der Waals surface area contributed by atoms with Gasteiger partial charge in [-0.2, -0.15) is 0 Å². The highest BCUT2D eigenvalue weighted by atomic mass is 16.6. The third-order valence-electron chi connectivity index (χ3n) is 3.99. The smallest absolute Gasteiger partial charge is 0.292 e. The van der Waals surface area contributed by atoms with Crippen molar-refractivity contribution in [3.05, 3.63) is 34.4 Å². The van der Waals surface area contributed by atoms with Crippen molar-refractivity contribution in [2.45, 2.75) is 38.6 Å². The molecule has 1 aliphatic carbocycles. The number of nitro benzene ring substituents is 1. The Morgan fingerprint density at radius 1 is 1.22 bits per heavy atom. The Labute approximate surface area is 108 Å². The molecule has 0 radical (unpaired) electrons. The fraction of sp³-hybridized carbons (Fsp3) is 0.571. The van der Waals surface area contributed by atoms with Crippen molar-refractivity contribution in [3.63, 3.8) is 0 Å². The minimum absolute atomic E-state index is 0.207. The first-order chi connectivity index (χ1) is 8.59. The highest BCUT2D eigenvalue weighted by molar-refractivity contribution is 5.63. The fourth-order valence-corrected chi connectivity index (χ4v) is 2.74. The molecule has 0 unspecified atom stereocenters. The summed E-state index contributed by atoms with van der Waals surface area (Å²) in [4.78, 5) is 12.8. The summed E-state index contributed by atoms with van der Waals surface area (Å²) < 4.78 is 0. The number of rotatable bonds is 3. The third kappa shape index (κ3) is 2.63. The van der Waals surface area contributed by atoms with E-state index < -0.39 is 0 Å². The van der Waals surface area contributed by atoms with E-state index in [4.69, 9.17) is 0 Å². The molecule has 1 aromatic carbocycles. The van der Waals surface area contributed by atoms with Gasteiger partial charge in [0, 0.05) is 19.2 Å². The maximum absolute atomic E-state index is 11.0. The highest BCUT2D eigenvalue weighted by Crippen LogP contribution is 2.33. The van der Waals surface area contributed by atoms with Crippen LogP contribution in [0, 0.1) is 16.0 Å². The molecule has 0 heterocycles. The molecule has 0 spiro atoms. The zero-order chi connectivity index (χ0) is 13.1. The van der Waals surface area contributed by atoms with Gasteiger partial charge in [-0.25, -0.2) is 0 Å². The molecule has 0 saturated heterocycles. The molecular formula is C14H20N2O2. The van der Waals surface area contributed by atoms with Crippen LogP contribution in [0.25, 0.3) is 0 Å². The third-order valence-corrected chi connectivity index (χ3v) is 3.99. The molecular weight excluding hydrogens is 228 g/mol. The van der Waals surface area contributed by atoms with Crippen LogP contribution in [0.3, 0.4) is 0 Å². The summed E-state index contributed by atoms with van der Waals surface area (Å²) in [6.45, 7) is 2.28. The predicted octanol–water partition coefficient (Wildman–Crippen LogP) is 3.61. The number of nitro groups is 1. The standard InChI is InChI=1S/C14H20N2O2/c1-11-7-9-12(10-8-11)15(2)13-5-3-4-6-14(13)16(17)18/h3-6,11-12H,7-10H2,1-2H3. The topological polar surface area (TPSA) is 46.4 Å². The van der Waals surface area contributed by atoms with Crippen LogP contribution in [0.15, 0.2) is 24.3 Å². The zero-order valence-electron chi connectivity index (χ0n) is 11.0. The van der Waals surface area contributed by atoms with Gasteiger partial charge in [0.1, 0.15) is 5.69 Å². The Kier molecular flexibility index (Phi) is 3.84. The number of hydrogen-bond acceptors (Lipinski definition) is 3. The Morgan fingerprint density at radius 2 is 1.83 bits per heavy atom. The molecule has 0 aromatic heterocycles. The summed E-state index contributed by atoms with van der Waals surface area (Å²) in [6, 6.07) is 7.44. The summed E-state index contributed by atoms with van der Waals surface area (Å²) in [7, 11) is 1.98. The van der Waals surface area contributed by atoms with Crippen LogP contribution in [-0.4, -0.2) is 18.0 Å². The van der Waals surface area contributed by atoms with Gasteiger partial charge < -0.3 is 4.90 Å². The normalized spacial score (nSPS) is 23.7. The molecule has 1 saturated carbocycles. The average molecular weight is 248 g/mol. The molecule has 0 bridgehead atoms. The van der Waals surface area contributed by atoms with Crippen molar-refractivity contribution in [1.82, 2.24) is 0 Å². The highest BCUT2D eigenvalue weighted by Gasteiger charge is 2.25. The Morgan fingerprint density at radius 3 is 2.44 bits per heavy atom. The van der Waals surface area contributed by atoms with Gasteiger partial charge in [0.15, 0.2) is 0 Å². The van der Waals surface area contributed by atoms with E-state index in [9.17, 15) is 10.1 Å². The van der Waals surface area contributed by atoms with E-state index in [1.807, 2.05) is 19.2 Å². The lowest BCUT2D eigenvalue weighted by atomic mass is 9.86. The number of nitrogens with zero attached hydrogens (tertiary/aromatic N) is 2. The van der Waals surface area contributed by atoms with Crippen molar-refractivity contribution < 1.29 is 4.92 Å². The van der Waals surface area contributed by atoms with Crippen LogP contribution in [0.5, 0.6) is 0 Å². The first kappa shape index (κ1) is 12.9. The number of anilines is 1. The average Bonchev–Trinajstić information content (AvgIpc) is 2.39. The minimum Gasteiger partial charge on any atom is -0.366 e. The largest absolute Gasteiger partial charge is 0.366 e. The summed E-state index contributed by atoms with van der Waals surface area (Å²) >= 11 is 0. The summed E-state index contributed by atoms with van der Waals surface area (Å²) in [5.74, 6) is 0.792. The van der Waals surface area contributed by atoms with Gasteiger partial charge in [-0.05, 0) is 37.7 Å². The van der Waals surface area contributed by atoms with E-state index in [-0.39, 0.29) is 10.6 Å². The van der Waals surface area contributed by atoms with Gasteiger partial charge in [-0.1, -0.05) is 19.1 Å². The Hall–Kier alpha value is -1.58. The van der Waals surface area contributed by atoms with Gasteiger partial charge in [0.25, 0.3) is 5.69 Å². The van der Waals surface area contributed by atoms with Crippen molar-refractivity contribution in [3.8, 4) is 0 Å². The van der Waals surface area contributed by atoms with Crippen molar-refractivity contribution in [2.24, 2.45) is 5.92 Å². The van der Waals surface area contributed by atoms with Crippen LogP contribution in [0.4, 0.5) is 11.4 Å². The van der Waals surface area contributed by atoms with E-state index in [0.717, 1.165) is 24.4 Å². The van der Waals surface area contributed by atoms with Crippen LogP contribution in [-0.2, 0) is 0 Å². The lowest BCUT2D eigenvalue weighted by molar-refractivity contribution is -0.384. The molecule has 1 fully saturated rings.